The Hall–Kier alpha value is -1.06. The fraction of sp³-hybridized carbons (Fsp3) is 0.400. The smallest absolute Gasteiger partial charge is 0.370 e. The highest BCUT2D eigenvalue weighted by Crippen LogP contribution is 1.97. The van der Waals surface area contributed by atoms with Gasteiger partial charge in [-0.25, -0.2) is 4.79 Å². The van der Waals surface area contributed by atoms with Crippen LogP contribution in [-0.4, -0.2) is 20.2 Å². The number of carbonyl (C=O) groups is 1. The van der Waals surface area contributed by atoms with Gasteiger partial charge in [0.25, 0.3) is 0 Å². The summed E-state index contributed by atoms with van der Waals surface area (Å²) in [7, 11) is 2.33. The molecular formula is C5H7FO3. The lowest BCUT2D eigenvalue weighted by atomic mass is 10.6. The number of rotatable bonds is 2. The van der Waals surface area contributed by atoms with Crippen molar-refractivity contribution in [2.45, 2.75) is 0 Å². The molecule has 0 heterocycles. The van der Waals surface area contributed by atoms with Crippen molar-refractivity contribution in [2.75, 3.05) is 14.2 Å². The summed E-state index contributed by atoms with van der Waals surface area (Å²) in [6.45, 7) is 0. The van der Waals surface area contributed by atoms with Crippen molar-refractivity contribution in [3.8, 4) is 0 Å². The van der Waals surface area contributed by atoms with Crippen molar-refractivity contribution in [1.82, 2.24) is 0 Å². The van der Waals surface area contributed by atoms with Crippen LogP contribution in [0.5, 0.6) is 0 Å². The van der Waals surface area contributed by atoms with Crippen LogP contribution in [0.15, 0.2) is 12.1 Å². The fourth-order valence-electron chi connectivity index (χ4n) is 0.249. The van der Waals surface area contributed by atoms with E-state index in [-0.39, 0.29) is 0 Å². The summed E-state index contributed by atoms with van der Waals surface area (Å²) >= 11 is 0. The molecule has 0 aromatic heterocycles. The first kappa shape index (κ1) is 7.94. The molecule has 0 aliphatic rings. The summed E-state index contributed by atoms with van der Waals surface area (Å²) in [5, 5.41) is 0. The second-order valence-electron chi connectivity index (χ2n) is 1.19. The van der Waals surface area contributed by atoms with Crippen LogP contribution in [0.2, 0.25) is 0 Å². The highest BCUT2D eigenvalue weighted by Gasteiger charge is 2.06. The molecular weight excluding hydrogens is 127 g/mol. The maximum absolute atomic E-state index is 12.1. The number of methoxy groups -OCH3 is 2. The monoisotopic (exact) mass is 134 g/mol. The van der Waals surface area contributed by atoms with Crippen LogP contribution in [0, 0.1) is 0 Å². The van der Waals surface area contributed by atoms with Crippen LogP contribution >= 0.6 is 0 Å². The Kier molecular flexibility index (Phi) is 3.43. The minimum absolute atomic E-state index is 0.672. The van der Waals surface area contributed by atoms with Gasteiger partial charge in [-0.05, 0) is 0 Å². The molecule has 9 heavy (non-hydrogen) atoms. The summed E-state index contributed by atoms with van der Waals surface area (Å²) in [5.41, 5.74) is 0. The summed E-state index contributed by atoms with van der Waals surface area (Å²) in [6.07, 6.45) is 0.672. The molecule has 52 valence electrons. The Balaban J connectivity index is 3.86. The third-order valence-corrected chi connectivity index (χ3v) is 0.602. The first-order valence-electron chi connectivity index (χ1n) is 2.19. The van der Waals surface area contributed by atoms with E-state index in [1.165, 1.54) is 7.11 Å². The number of hydrogen-bond acceptors (Lipinski definition) is 3. The first-order valence-corrected chi connectivity index (χ1v) is 2.19. The van der Waals surface area contributed by atoms with Crippen LogP contribution in [0.25, 0.3) is 0 Å². The van der Waals surface area contributed by atoms with E-state index >= 15 is 0 Å². The van der Waals surface area contributed by atoms with Gasteiger partial charge in [-0.15, -0.1) is 0 Å². The van der Waals surface area contributed by atoms with Gasteiger partial charge in [-0.2, -0.15) is 4.39 Å². The normalized spacial score (nSPS) is 10.8. The van der Waals surface area contributed by atoms with Crippen LogP contribution in [0.3, 0.4) is 0 Å². The second kappa shape index (κ2) is 3.88. The third-order valence-electron chi connectivity index (χ3n) is 0.602. The van der Waals surface area contributed by atoms with E-state index in [4.69, 9.17) is 0 Å². The highest BCUT2D eigenvalue weighted by atomic mass is 19.1. The Bertz CT molecular complexity index is 130. The molecule has 0 N–H and O–H groups in total. The maximum Gasteiger partial charge on any atom is 0.370 e. The number of halogens is 1. The van der Waals surface area contributed by atoms with Crippen LogP contribution in [0.1, 0.15) is 0 Å². The zero-order valence-electron chi connectivity index (χ0n) is 5.18. The van der Waals surface area contributed by atoms with Gasteiger partial charge in [-0.3, -0.25) is 0 Å². The molecule has 0 aromatic carbocycles. The molecule has 0 unspecified atom stereocenters. The minimum Gasteiger partial charge on any atom is -0.501 e. The van der Waals surface area contributed by atoms with E-state index in [9.17, 15) is 9.18 Å². The average molecular weight is 134 g/mol. The molecule has 0 fully saturated rings. The molecule has 0 atom stereocenters. The summed E-state index contributed by atoms with van der Waals surface area (Å²) < 4.78 is 20.2. The predicted molar refractivity (Wildman–Crippen MR) is 28.2 cm³/mol. The van der Waals surface area contributed by atoms with Gasteiger partial charge in [0.1, 0.15) is 6.26 Å². The van der Waals surface area contributed by atoms with Gasteiger partial charge < -0.3 is 9.47 Å². The minimum atomic E-state index is -1.04. The Morgan fingerprint density at radius 1 is 1.56 bits per heavy atom. The van der Waals surface area contributed by atoms with E-state index in [1.54, 1.807) is 0 Å². The summed E-state index contributed by atoms with van der Waals surface area (Å²) in [5.74, 6) is -2.07. The van der Waals surface area contributed by atoms with Crippen molar-refractivity contribution in [1.29, 1.82) is 0 Å². The summed E-state index contributed by atoms with van der Waals surface area (Å²) in [6, 6.07) is 0. The number of ether oxygens (including phenoxy) is 2. The van der Waals surface area contributed by atoms with Crippen molar-refractivity contribution in [2.24, 2.45) is 0 Å². The molecule has 0 spiro atoms. The zero-order valence-corrected chi connectivity index (χ0v) is 5.18. The molecule has 0 amide bonds. The van der Waals surface area contributed by atoms with Crippen molar-refractivity contribution in [3.63, 3.8) is 0 Å². The average Bonchev–Trinajstić information content (AvgIpc) is 1.87. The van der Waals surface area contributed by atoms with Gasteiger partial charge in [-0.1, -0.05) is 0 Å². The second-order valence-corrected chi connectivity index (χ2v) is 1.19. The molecule has 0 aliphatic carbocycles. The number of carbonyl (C=O) groups excluding carboxylic acids is 1. The molecule has 4 heteroatoms. The van der Waals surface area contributed by atoms with Crippen LogP contribution < -0.4 is 0 Å². The quantitative estimate of drug-likeness (QED) is 0.315. The fourth-order valence-corrected chi connectivity index (χ4v) is 0.249. The van der Waals surface area contributed by atoms with Gasteiger partial charge in [0.05, 0.1) is 14.2 Å². The van der Waals surface area contributed by atoms with Gasteiger partial charge in [0.2, 0.25) is 5.83 Å². The Labute approximate surface area is 52.1 Å². The van der Waals surface area contributed by atoms with Crippen molar-refractivity contribution < 1.29 is 18.7 Å². The topological polar surface area (TPSA) is 35.5 Å². The molecule has 0 aliphatic heterocycles. The summed E-state index contributed by atoms with van der Waals surface area (Å²) in [4.78, 5) is 10.2. The van der Waals surface area contributed by atoms with Gasteiger partial charge in [0.15, 0.2) is 0 Å². The highest BCUT2D eigenvalue weighted by molar-refractivity contribution is 5.85. The molecule has 3 nitrogen and oxygen atoms in total. The van der Waals surface area contributed by atoms with E-state index < -0.39 is 11.8 Å². The van der Waals surface area contributed by atoms with E-state index in [2.05, 4.69) is 9.47 Å². The third kappa shape index (κ3) is 2.69. The van der Waals surface area contributed by atoms with E-state index in [0.717, 1.165) is 7.11 Å². The standard InChI is InChI=1S/C5H7FO3/c1-8-3-4(6)5(7)9-2/h3H,1-2H3. The van der Waals surface area contributed by atoms with Gasteiger partial charge >= 0.3 is 5.97 Å². The lowest BCUT2D eigenvalue weighted by molar-refractivity contribution is -0.138. The molecule has 0 saturated carbocycles. The first-order chi connectivity index (χ1) is 4.22. The lowest BCUT2D eigenvalue weighted by Crippen LogP contribution is -2.00. The van der Waals surface area contributed by atoms with Gasteiger partial charge in [0, 0.05) is 0 Å². The lowest BCUT2D eigenvalue weighted by Gasteiger charge is -1.92. The Morgan fingerprint density at radius 3 is 2.44 bits per heavy atom. The number of hydrogen-bond donors (Lipinski definition) is 0. The maximum atomic E-state index is 12.1. The molecule has 0 rings (SSSR count). The van der Waals surface area contributed by atoms with E-state index in [0.29, 0.717) is 6.26 Å². The van der Waals surface area contributed by atoms with Crippen LogP contribution in [-0.2, 0) is 14.3 Å². The van der Waals surface area contributed by atoms with Crippen molar-refractivity contribution in [3.05, 3.63) is 12.1 Å². The van der Waals surface area contributed by atoms with Crippen molar-refractivity contribution >= 4 is 5.97 Å². The largest absolute Gasteiger partial charge is 0.501 e. The Morgan fingerprint density at radius 2 is 2.11 bits per heavy atom. The zero-order chi connectivity index (χ0) is 7.28. The molecule has 0 saturated heterocycles. The molecule has 0 aromatic rings. The SMILES string of the molecule is COC=C(F)C(=O)OC. The number of esters is 1. The molecule has 0 radical (unpaired) electrons. The predicted octanol–water partition coefficient (Wildman–Crippen LogP) is 0.617. The molecule has 0 bridgehead atoms. The van der Waals surface area contributed by atoms with Crippen LogP contribution in [0.4, 0.5) is 4.39 Å². The van der Waals surface area contributed by atoms with E-state index in [1.807, 2.05) is 0 Å².